The number of halogens is 3. The van der Waals surface area contributed by atoms with Gasteiger partial charge >= 0.3 is 0 Å². The lowest BCUT2D eigenvalue weighted by Gasteiger charge is -2.33. The van der Waals surface area contributed by atoms with E-state index in [0.717, 1.165) is 54.9 Å². The molecule has 2 aliphatic rings. The van der Waals surface area contributed by atoms with E-state index >= 15 is 0 Å². The van der Waals surface area contributed by atoms with Crippen molar-refractivity contribution in [2.24, 2.45) is 0 Å². The first-order chi connectivity index (χ1) is 15.0. The smallest absolute Gasteiger partial charge is 0.130 e. The molecule has 0 aliphatic carbocycles. The SMILES string of the molecule is Cc1c2ccc(N[C@]3(c4c(F)ccc(Cl)c4Cl)CCNC3)cc2nn1C1CCOCC1. The van der Waals surface area contributed by atoms with Crippen LogP contribution < -0.4 is 10.6 Å². The molecule has 1 atom stereocenters. The number of hydrogen-bond donors (Lipinski definition) is 2. The van der Waals surface area contributed by atoms with E-state index in [4.69, 9.17) is 33.0 Å². The molecule has 2 fully saturated rings. The maximum absolute atomic E-state index is 14.9. The van der Waals surface area contributed by atoms with Crippen LogP contribution in [0.5, 0.6) is 0 Å². The molecule has 5 rings (SSSR count). The summed E-state index contributed by atoms with van der Waals surface area (Å²) in [5, 5.41) is 13.5. The number of aryl methyl sites for hydroxylation is 1. The van der Waals surface area contributed by atoms with E-state index in [0.29, 0.717) is 29.6 Å². The quantitative estimate of drug-likeness (QED) is 0.506. The second kappa shape index (κ2) is 8.24. The summed E-state index contributed by atoms with van der Waals surface area (Å²) in [7, 11) is 0. The molecule has 0 radical (unpaired) electrons. The first-order valence-corrected chi connectivity index (χ1v) is 11.4. The van der Waals surface area contributed by atoms with Gasteiger partial charge in [0.15, 0.2) is 0 Å². The van der Waals surface area contributed by atoms with E-state index < -0.39 is 5.54 Å². The number of hydrogen-bond acceptors (Lipinski definition) is 4. The zero-order valence-electron chi connectivity index (χ0n) is 17.4. The summed E-state index contributed by atoms with van der Waals surface area (Å²) in [6.07, 6.45) is 2.64. The first-order valence-electron chi connectivity index (χ1n) is 10.7. The van der Waals surface area contributed by atoms with Gasteiger partial charge in [0, 0.05) is 42.1 Å². The first kappa shape index (κ1) is 21.0. The van der Waals surface area contributed by atoms with Crippen molar-refractivity contribution in [1.29, 1.82) is 0 Å². The van der Waals surface area contributed by atoms with Crippen LogP contribution in [0.3, 0.4) is 0 Å². The molecular formula is C23H25Cl2FN4O. The Kier molecular flexibility index (Phi) is 5.59. The van der Waals surface area contributed by atoms with Gasteiger partial charge in [-0.3, -0.25) is 4.68 Å². The van der Waals surface area contributed by atoms with E-state index in [9.17, 15) is 4.39 Å². The van der Waals surface area contributed by atoms with Crippen LogP contribution in [-0.2, 0) is 10.3 Å². The monoisotopic (exact) mass is 462 g/mol. The highest BCUT2D eigenvalue weighted by molar-refractivity contribution is 6.42. The predicted molar refractivity (Wildman–Crippen MR) is 123 cm³/mol. The number of benzene rings is 2. The van der Waals surface area contributed by atoms with Gasteiger partial charge < -0.3 is 15.4 Å². The second-order valence-corrected chi connectivity index (χ2v) is 9.24. The molecular weight excluding hydrogens is 438 g/mol. The summed E-state index contributed by atoms with van der Waals surface area (Å²) in [6, 6.07) is 9.39. The van der Waals surface area contributed by atoms with Crippen molar-refractivity contribution in [3.63, 3.8) is 0 Å². The summed E-state index contributed by atoms with van der Waals surface area (Å²) < 4.78 is 22.5. The van der Waals surface area contributed by atoms with E-state index in [1.807, 2.05) is 12.1 Å². The van der Waals surface area contributed by atoms with Crippen molar-refractivity contribution in [2.45, 2.75) is 37.8 Å². The van der Waals surface area contributed by atoms with Gasteiger partial charge in [0.25, 0.3) is 0 Å². The Balaban J connectivity index is 1.52. The number of nitrogens with one attached hydrogen (secondary N) is 2. The Labute approximate surface area is 190 Å². The fourth-order valence-electron chi connectivity index (χ4n) is 4.91. The molecule has 3 heterocycles. The van der Waals surface area contributed by atoms with Crippen LogP contribution in [0, 0.1) is 12.7 Å². The topological polar surface area (TPSA) is 51.1 Å². The van der Waals surface area contributed by atoms with Crippen molar-refractivity contribution in [2.75, 3.05) is 31.6 Å². The van der Waals surface area contributed by atoms with Gasteiger partial charge in [-0.2, -0.15) is 5.10 Å². The fourth-order valence-corrected chi connectivity index (χ4v) is 5.41. The summed E-state index contributed by atoms with van der Waals surface area (Å²) in [5.41, 5.74) is 2.69. The second-order valence-electron chi connectivity index (χ2n) is 8.46. The number of anilines is 1. The van der Waals surface area contributed by atoms with Crippen LogP contribution >= 0.6 is 23.2 Å². The van der Waals surface area contributed by atoms with Crippen molar-refractivity contribution >= 4 is 39.8 Å². The Morgan fingerprint density at radius 1 is 1.23 bits per heavy atom. The van der Waals surface area contributed by atoms with Crippen molar-refractivity contribution in [1.82, 2.24) is 15.1 Å². The highest BCUT2D eigenvalue weighted by atomic mass is 35.5. The third-order valence-electron chi connectivity index (χ3n) is 6.54. The normalized spacial score (nSPS) is 22.3. The van der Waals surface area contributed by atoms with Crippen LogP contribution in [0.2, 0.25) is 10.0 Å². The Hall–Kier alpha value is -1.86. The summed E-state index contributed by atoms with van der Waals surface area (Å²) in [4.78, 5) is 0. The van der Waals surface area contributed by atoms with Gasteiger partial charge in [-0.05, 0) is 63.1 Å². The minimum absolute atomic E-state index is 0.263. The summed E-state index contributed by atoms with van der Waals surface area (Å²) in [5.74, 6) is -0.355. The number of aromatic nitrogens is 2. The number of nitrogens with zero attached hydrogens (tertiary/aromatic N) is 2. The van der Waals surface area contributed by atoms with Crippen LogP contribution in [0.1, 0.15) is 36.6 Å². The molecule has 0 saturated carbocycles. The molecule has 1 aromatic heterocycles. The van der Waals surface area contributed by atoms with E-state index in [1.54, 1.807) is 0 Å². The van der Waals surface area contributed by atoms with E-state index in [-0.39, 0.29) is 10.8 Å². The lowest BCUT2D eigenvalue weighted by Crippen LogP contribution is -2.39. The zero-order valence-corrected chi connectivity index (χ0v) is 18.9. The van der Waals surface area contributed by atoms with Gasteiger partial charge in [0.2, 0.25) is 0 Å². The molecule has 164 valence electrons. The fraction of sp³-hybridized carbons (Fsp3) is 0.435. The highest BCUT2D eigenvalue weighted by Gasteiger charge is 2.40. The van der Waals surface area contributed by atoms with Crippen molar-refractivity contribution in [3.05, 3.63) is 57.5 Å². The molecule has 8 heteroatoms. The zero-order chi connectivity index (χ0) is 21.6. The number of fused-ring (bicyclic) bond motifs is 1. The Morgan fingerprint density at radius 3 is 2.77 bits per heavy atom. The van der Waals surface area contributed by atoms with E-state index in [1.165, 1.54) is 12.1 Å². The predicted octanol–water partition coefficient (Wildman–Crippen LogP) is 5.44. The molecule has 2 saturated heterocycles. The lowest BCUT2D eigenvalue weighted by molar-refractivity contribution is 0.0659. The molecule has 2 aliphatic heterocycles. The van der Waals surface area contributed by atoms with Crippen LogP contribution in [0.4, 0.5) is 10.1 Å². The molecule has 31 heavy (non-hydrogen) atoms. The third kappa shape index (κ3) is 3.69. The molecule has 0 bridgehead atoms. The van der Waals surface area contributed by atoms with Gasteiger partial charge in [0.1, 0.15) is 5.82 Å². The van der Waals surface area contributed by atoms with Crippen LogP contribution in [0.25, 0.3) is 10.9 Å². The molecule has 0 spiro atoms. The lowest BCUT2D eigenvalue weighted by atomic mass is 9.88. The molecule has 0 unspecified atom stereocenters. The summed E-state index contributed by atoms with van der Waals surface area (Å²) in [6.45, 7) is 4.97. The van der Waals surface area contributed by atoms with Crippen molar-refractivity contribution in [3.8, 4) is 0 Å². The standard InChI is InChI=1S/C23H25Cl2FN4O/c1-14-17-3-2-15(12-20(17)29-30(14)16-6-10-31-11-7-16)28-23(8-9-27-13-23)21-19(26)5-4-18(24)22(21)25/h2-5,12,16,27-28H,6-11,13H2,1H3/t23-/m1/s1. The van der Waals surface area contributed by atoms with Gasteiger partial charge in [-0.25, -0.2) is 4.39 Å². The Morgan fingerprint density at radius 2 is 2.03 bits per heavy atom. The van der Waals surface area contributed by atoms with Gasteiger partial charge in [0.05, 0.1) is 27.1 Å². The maximum Gasteiger partial charge on any atom is 0.130 e. The van der Waals surface area contributed by atoms with Crippen LogP contribution in [0.15, 0.2) is 30.3 Å². The average Bonchev–Trinajstić information content (AvgIpc) is 3.37. The van der Waals surface area contributed by atoms with Gasteiger partial charge in [-0.15, -0.1) is 0 Å². The summed E-state index contributed by atoms with van der Waals surface area (Å²) >= 11 is 12.7. The highest BCUT2D eigenvalue weighted by Crippen LogP contribution is 2.41. The molecule has 2 N–H and O–H groups in total. The number of rotatable bonds is 4. The maximum atomic E-state index is 14.9. The molecule has 2 aromatic carbocycles. The van der Waals surface area contributed by atoms with Crippen LogP contribution in [-0.4, -0.2) is 36.1 Å². The minimum atomic E-state index is -0.682. The largest absolute Gasteiger partial charge is 0.381 e. The van der Waals surface area contributed by atoms with Gasteiger partial charge in [-0.1, -0.05) is 23.2 Å². The van der Waals surface area contributed by atoms with Crippen molar-refractivity contribution < 1.29 is 9.13 Å². The molecule has 0 amide bonds. The van der Waals surface area contributed by atoms with E-state index in [2.05, 4.69) is 28.3 Å². The third-order valence-corrected chi connectivity index (χ3v) is 7.35. The Bertz CT molecular complexity index is 1120. The molecule has 3 aromatic rings. The molecule has 5 nitrogen and oxygen atoms in total. The minimum Gasteiger partial charge on any atom is -0.381 e. The number of ether oxygens (including phenoxy) is 1. The average molecular weight is 463 g/mol.